The van der Waals surface area contributed by atoms with Crippen LogP contribution in [-0.2, 0) is 0 Å². The van der Waals surface area contributed by atoms with Gasteiger partial charge in [0.15, 0.2) is 0 Å². The van der Waals surface area contributed by atoms with Gasteiger partial charge in [0.25, 0.3) is 5.91 Å². The highest BCUT2D eigenvalue weighted by atomic mass is 32.2. The summed E-state index contributed by atoms with van der Waals surface area (Å²) < 4.78 is 0. The Morgan fingerprint density at radius 3 is 2.50 bits per heavy atom. The summed E-state index contributed by atoms with van der Waals surface area (Å²) >= 11 is 1.95. The Morgan fingerprint density at radius 1 is 1.33 bits per heavy atom. The lowest BCUT2D eigenvalue weighted by Gasteiger charge is -2.34. The van der Waals surface area contributed by atoms with Crippen molar-refractivity contribution in [2.24, 2.45) is 0 Å². The Morgan fingerprint density at radius 2 is 1.94 bits per heavy atom. The molecule has 1 aliphatic rings. The van der Waals surface area contributed by atoms with Gasteiger partial charge in [-0.25, -0.2) is 0 Å². The van der Waals surface area contributed by atoms with Crippen LogP contribution in [0.25, 0.3) is 0 Å². The Balaban J connectivity index is 2.17. The zero-order chi connectivity index (χ0) is 13.3. The average molecular weight is 264 g/mol. The molecule has 0 aliphatic carbocycles. The second kappa shape index (κ2) is 5.22. The molecule has 0 aromatic heterocycles. The molecular weight excluding hydrogens is 244 g/mol. The maximum Gasteiger partial charge on any atom is 0.253 e. The van der Waals surface area contributed by atoms with Gasteiger partial charge in [0.05, 0.1) is 0 Å². The van der Waals surface area contributed by atoms with Gasteiger partial charge in [0, 0.05) is 34.8 Å². The second-order valence-corrected chi connectivity index (χ2v) is 6.92. The third-order valence-corrected chi connectivity index (χ3v) is 4.45. The molecule has 0 bridgehead atoms. The van der Waals surface area contributed by atoms with E-state index in [2.05, 4.69) is 13.8 Å². The van der Waals surface area contributed by atoms with Crippen LogP contribution in [0.2, 0.25) is 0 Å². The van der Waals surface area contributed by atoms with Crippen molar-refractivity contribution in [1.82, 2.24) is 4.90 Å². The van der Waals surface area contributed by atoms with E-state index in [4.69, 9.17) is 5.73 Å². The van der Waals surface area contributed by atoms with Crippen LogP contribution in [0.15, 0.2) is 18.2 Å². The molecule has 1 fully saturated rings. The van der Waals surface area contributed by atoms with Crippen LogP contribution in [0.5, 0.6) is 0 Å². The summed E-state index contributed by atoms with van der Waals surface area (Å²) in [5, 5.41) is 1.01. The number of benzene rings is 1. The summed E-state index contributed by atoms with van der Waals surface area (Å²) in [5.74, 6) is 0.122. The molecule has 2 unspecified atom stereocenters. The largest absolute Gasteiger partial charge is 0.399 e. The quantitative estimate of drug-likeness (QED) is 0.793. The second-order valence-electron chi connectivity index (χ2n) is 5.04. The number of nitrogens with two attached hydrogens (primary N) is 1. The van der Waals surface area contributed by atoms with Crippen molar-refractivity contribution in [3.05, 3.63) is 29.3 Å². The molecular formula is C14H20N2OS. The Bertz CT molecular complexity index is 451. The van der Waals surface area contributed by atoms with Crippen molar-refractivity contribution in [1.29, 1.82) is 0 Å². The molecule has 1 aromatic carbocycles. The number of carbonyl (C=O) groups excluding carboxylic acids is 1. The number of amides is 1. The van der Waals surface area contributed by atoms with Crippen molar-refractivity contribution in [3.63, 3.8) is 0 Å². The summed E-state index contributed by atoms with van der Waals surface area (Å²) in [4.78, 5) is 14.4. The molecule has 1 amide bonds. The first-order valence-corrected chi connectivity index (χ1v) is 7.22. The maximum absolute atomic E-state index is 12.4. The molecule has 0 spiro atoms. The fourth-order valence-corrected chi connectivity index (χ4v) is 3.66. The van der Waals surface area contributed by atoms with Gasteiger partial charge in [-0.15, -0.1) is 0 Å². The van der Waals surface area contributed by atoms with Gasteiger partial charge in [-0.2, -0.15) is 11.8 Å². The third kappa shape index (κ3) is 2.80. The highest BCUT2D eigenvalue weighted by Crippen LogP contribution is 2.26. The summed E-state index contributed by atoms with van der Waals surface area (Å²) in [6.45, 7) is 7.95. The zero-order valence-corrected chi connectivity index (χ0v) is 12.0. The predicted octanol–water partition coefficient (Wildman–Crippen LogP) is 2.54. The molecule has 2 rings (SSSR count). The predicted molar refractivity (Wildman–Crippen MR) is 78.0 cm³/mol. The van der Waals surface area contributed by atoms with E-state index in [-0.39, 0.29) is 5.91 Å². The number of aryl methyl sites for hydroxylation is 1. The first-order chi connectivity index (χ1) is 8.47. The Labute approximate surface area is 113 Å². The number of carbonyl (C=O) groups is 1. The lowest BCUT2D eigenvalue weighted by molar-refractivity contribution is 0.0753. The van der Waals surface area contributed by atoms with Gasteiger partial charge in [-0.05, 0) is 30.7 Å². The van der Waals surface area contributed by atoms with Gasteiger partial charge >= 0.3 is 0 Å². The number of rotatable bonds is 1. The van der Waals surface area contributed by atoms with E-state index in [9.17, 15) is 4.79 Å². The monoisotopic (exact) mass is 264 g/mol. The van der Waals surface area contributed by atoms with E-state index < -0.39 is 0 Å². The van der Waals surface area contributed by atoms with E-state index in [1.54, 1.807) is 0 Å². The highest BCUT2D eigenvalue weighted by Gasteiger charge is 2.26. The molecule has 18 heavy (non-hydrogen) atoms. The fourth-order valence-electron chi connectivity index (χ4n) is 2.34. The van der Waals surface area contributed by atoms with E-state index in [0.29, 0.717) is 10.5 Å². The molecule has 1 saturated heterocycles. The number of anilines is 1. The van der Waals surface area contributed by atoms with Crippen LogP contribution in [0, 0.1) is 6.92 Å². The van der Waals surface area contributed by atoms with Crippen LogP contribution in [0.3, 0.4) is 0 Å². The smallest absolute Gasteiger partial charge is 0.253 e. The van der Waals surface area contributed by atoms with Crippen molar-refractivity contribution in [2.45, 2.75) is 31.3 Å². The average Bonchev–Trinajstić information content (AvgIpc) is 2.30. The van der Waals surface area contributed by atoms with E-state index in [0.717, 1.165) is 29.9 Å². The first-order valence-electron chi connectivity index (χ1n) is 6.28. The molecule has 0 saturated carbocycles. The van der Waals surface area contributed by atoms with Gasteiger partial charge in [0.1, 0.15) is 0 Å². The SMILES string of the molecule is Cc1cc(C(=O)N2CC(C)SC(C)C2)ccc1N. The van der Waals surface area contributed by atoms with Gasteiger partial charge in [-0.3, -0.25) is 4.79 Å². The molecule has 98 valence electrons. The van der Waals surface area contributed by atoms with Crippen LogP contribution in [0.1, 0.15) is 29.8 Å². The molecule has 1 aromatic rings. The number of thioether (sulfide) groups is 1. The molecule has 4 heteroatoms. The minimum Gasteiger partial charge on any atom is -0.399 e. The van der Waals surface area contributed by atoms with Gasteiger partial charge in [0.2, 0.25) is 0 Å². The van der Waals surface area contributed by atoms with Crippen LogP contribution in [0.4, 0.5) is 5.69 Å². The molecule has 1 aliphatic heterocycles. The minimum absolute atomic E-state index is 0.122. The summed E-state index contributed by atoms with van der Waals surface area (Å²) in [6.07, 6.45) is 0. The standard InChI is InChI=1S/C14H20N2OS/c1-9-6-12(4-5-13(9)15)14(17)16-7-10(2)18-11(3)8-16/h4-6,10-11H,7-8,15H2,1-3H3. The topological polar surface area (TPSA) is 46.3 Å². The van der Waals surface area contributed by atoms with E-state index in [1.165, 1.54) is 0 Å². The van der Waals surface area contributed by atoms with Crippen LogP contribution < -0.4 is 5.73 Å². The molecule has 1 heterocycles. The van der Waals surface area contributed by atoms with Crippen molar-refractivity contribution in [3.8, 4) is 0 Å². The highest BCUT2D eigenvalue weighted by molar-refractivity contribution is 8.00. The lowest BCUT2D eigenvalue weighted by Crippen LogP contribution is -2.44. The maximum atomic E-state index is 12.4. The molecule has 3 nitrogen and oxygen atoms in total. The van der Waals surface area contributed by atoms with E-state index >= 15 is 0 Å². The van der Waals surface area contributed by atoms with Crippen molar-refractivity contribution < 1.29 is 4.79 Å². The van der Waals surface area contributed by atoms with Gasteiger partial charge < -0.3 is 10.6 Å². The van der Waals surface area contributed by atoms with E-state index in [1.807, 2.05) is 41.8 Å². The summed E-state index contributed by atoms with van der Waals surface area (Å²) in [5.41, 5.74) is 8.23. The molecule has 0 radical (unpaired) electrons. The number of hydrogen-bond donors (Lipinski definition) is 1. The Kier molecular flexibility index (Phi) is 3.85. The van der Waals surface area contributed by atoms with Crippen LogP contribution >= 0.6 is 11.8 Å². The van der Waals surface area contributed by atoms with Crippen molar-refractivity contribution in [2.75, 3.05) is 18.8 Å². The zero-order valence-electron chi connectivity index (χ0n) is 11.1. The fraction of sp³-hybridized carbons (Fsp3) is 0.500. The summed E-state index contributed by atoms with van der Waals surface area (Å²) in [7, 11) is 0. The minimum atomic E-state index is 0.122. The summed E-state index contributed by atoms with van der Waals surface area (Å²) in [6, 6.07) is 5.52. The number of nitrogen functional groups attached to an aromatic ring is 1. The Hall–Kier alpha value is -1.16. The van der Waals surface area contributed by atoms with Gasteiger partial charge in [-0.1, -0.05) is 13.8 Å². The number of hydrogen-bond acceptors (Lipinski definition) is 3. The van der Waals surface area contributed by atoms with Crippen LogP contribution in [-0.4, -0.2) is 34.4 Å². The molecule has 2 atom stereocenters. The normalized spacial score (nSPS) is 24.1. The first kappa shape index (κ1) is 13.3. The number of nitrogens with zero attached hydrogens (tertiary/aromatic N) is 1. The third-order valence-electron chi connectivity index (χ3n) is 3.22. The molecule has 2 N–H and O–H groups in total. The van der Waals surface area contributed by atoms with Crippen molar-refractivity contribution >= 4 is 23.4 Å². The lowest BCUT2D eigenvalue weighted by atomic mass is 10.1.